The molecule has 0 spiro atoms. The maximum absolute atomic E-state index is 10.7. The van der Waals surface area contributed by atoms with Gasteiger partial charge in [-0.15, -0.1) is 0 Å². The first kappa shape index (κ1) is 14.5. The average Bonchev–Trinajstić information content (AvgIpc) is 2.60. The van der Waals surface area contributed by atoms with Crippen LogP contribution in [-0.4, -0.2) is 4.92 Å². The molecule has 0 heterocycles. The third-order valence-corrected chi connectivity index (χ3v) is 3.63. The molecule has 0 unspecified atom stereocenters. The van der Waals surface area contributed by atoms with Gasteiger partial charge in [0.05, 0.1) is 16.6 Å². The van der Waals surface area contributed by atoms with E-state index in [4.69, 9.17) is 0 Å². The minimum Gasteiger partial charge on any atom is -0.258 e. The number of nitriles is 1. The van der Waals surface area contributed by atoms with Gasteiger partial charge in [-0.1, -0.05) is 42.5 Å². The van der Waals surface area contributed by atoms with Crippen LogP contribution < -0.4 is 0 Å². The number of benzene rings is 3. The van der Waals surface area contributed by atoms with Gasteiger partial charge < -0.3 is 0 Å². The van der Waals surface area contributed by atoms with E-state index in [1.54, 1.807) is 12.1 Å². The van der Waals surface area contributed by atoms with Crippen LogP contribution in [0.25, 0.3) is 22.4 Å². The van der Waals surface area contributed by atoms with Crippen molar-refractivity contribution in [2.24, 2.45) is 0 Å². The first-order chi connectivity index (χ1) is 11.2. The van der Waals surface area contributed by atoms with Crippen molar-refractivity contribution in [3.8, 4) is 6.07 Å². The maximum atomic E-state index is 10.7. The molecule has 3 aromatic rings. The van der Waals surface area contributed by atoms with Gasteiger partial charge in [-0.05, 0) is 40.1 Å². The zero-order valence-electron chi connectivity index (χ0n) is 12.1. The lowest BCUT2D eigenvalue weighted by Crippen LogP contribution is -1.88. The molecule has 0 radical (unpaired) electrons. The van der Waals surface area contributed by atoms with Gasteiger partial charge in [0.2, 0.25) is 0 Å². The Kier molecular flexibility index (Phi) is 3.86. The van der Waals surface area contributed by atoms with E-state index in [0.29, 0.717) is 11.1 Å². The monoisotopic (exact) mass is 300 g/mol. The van der Waals surface area contributed by atoms with Crippen LogP contribution in [0.15, 0.2) is 66.7 Å². The molecular weight excluding hydrogens is 288 g/mol. The van der Waals surface area contributed by atoms with Crippen LogP contribution in [0.5, 0.6) is 0 Å². The van der Waals surface area contributed by atoms with Crippen LogP contribution in [0.3, 0.4) is 0 Å². The fourth-order valence-corrected chi connectivity index (χ4v) is 2.47. The number of nitro groups is 1. The molecule has 0 atom stereocenters. The van der Waals surface area contributed by atoms with E-state index in [2.05, 4.69) is 6.07 Å². The van der Waals surface area contributed by atoms with Crippen molar-refractivity contribution in [3.63, 3.8) is 0 Å². The molecule has 0 saturated carbocycles. The van der Waals surface area contributed by atoms with Crippen LogP contribution in [0.4, 0.5) is 5.69 Å². The summed E-state index contributed by atoms with van der Waals surface area (Å²) >= 11 is 0. The lowest BCUT2D eigenvalue weighted by Gasteiger charge is -2.04. The molecule has 4 nitrogen and oxygen atoms in total. The third-order valence-electron chi connectivity index (χ3n) is 3.63. The minimum absolute atomic E-state index is 0.0104. The van der Waals surface area contributed by atoms with Crippen LogP contribution in [0.2, 0.25) is 0 Å². The van der Waals surface area contributed by atoms with Gasteiger partial charge in [-0.3, -0.25) is 10.1 Å². The molecule has 0 N–H and O–H groups in total. The molecule has 4 heteroatoms. The molecule has 0 fully saturated rings. The summed E-state index contributed by atoms with van der Waals surface area (Å²) in [5.41, 5.74) is 2.08. The number of nitrogens with zero attached hydrogens (tertiary/aromatic N) is 2. The van der Waals surface area contributed by atoms with E-state index in [9.17, 15) is 15.4 Å². The van der Waals surface area contributed by atoms with Gasteiger partial charge in [-0.2, -0.15) is 5.26 Å². The summed E-state index contributed by atoms with van der Waals surface area (Å²) in [6, 6.07) is 22.0. The Morgan fingerprint density at radius 3 is 2.39 bits per heavy atom. The van der Waals surface area contributed by atoms with Gasteiger partial charge in [-0.25, -0.2) is 0 Å². The highest BCUT2D eigenvalue weighted by Crippen LogP contribution is 2.25. The predicted molar refractivity (Wildman–Crippen MR) is 90.5 cm³/mol. The average molecular weight is 300 g/mol. The summed E-state index contributed by atoms with van der Waals surface area (Å²) in [5, 5.41) is 22.3. The van der Waals surface area contributed by atoms with Crippen molar-refractivity contribution in [2.75, 3.05) is 0 Å². The Morgan fingerprint density at radius 1 is 1.00 bits per heavy atom. The van der Waals surface area contributed by atoms with E-state index in [-0.39, 0.29) is 5.69 Å². The molecule has 0 saturated heterocycles. The summed E-state index contributed by atoms with van der Waals surface area (Å²) in [4.78, 5) is 10.3. The number of hydrogen-bond acceptors (Lipinski definition) is 3. The smallest absolute Gasteiger partial charge is 0.258 e. The highest BCUT2D eigenvalue weighted by molar-refractivity contribution is 5.98. The number of rotatable bonds is 3. The second-order valence-corrected chi connectivity index (χ2v) is 5.04. The van der Waals surface area contributed by atoms with Crippen molar-refractivity contribution < 1.29 is 4.92 Å². The summed E-state index contributed by atoms with van der Waals surface area (Å²) in [6.45, 7) is 0. The topological polar surface area (TPSA) is 66.9 Å². The molecule has 0 amide bonds. The van der Waals surface area contributed by atoms with Gasteiger partial charge >= 0.3 is 0 Å². The molecule has 0 aromatic heterocycles. The SMILES string of the molecule is N#C/C(=C/c1cccc2ccccc12)c1ccc([N+](=O)[O-])cc1. The van der Waals surface area contributed by atoms with Crippen molar-refractivity contribution >= 4 is 28.1 Å². The molecule has 3 rings (SSSR count). The van der Waals surface area contributed by atoms with E-state index in [0.717, 1.165) is 16.3 Å². The lowest BCUT2D eigenvalue weighted by atomic mass is 9.99. The Balaban J connectivity index is 2.08. The summed E-state index contributed by atoms with van der Waals surface area (Å²) in [7, 11) is 0. The number of non-ortho nitro benzene ring substituents is 1. The molecular formula is C19H12N2O2. The number of fused-ring (bicyclic) bond motifs is 1. The van der Waals surface area contributed by atoms with Crippen molar-refractivity contribution in [2.45, 2.75) is 0 Å². The second kappa shape index (κ2) is 6.12. The molecule has 23 heavy (non-hydrogen) atoms. The number of hydrogen-bond donors (Lipinski definition) is 0. The van der Waals surface area contributed by atoms with Crippen molar-refractivity contribution in [1.29, 1.82) is 5.26 Å². The van der Waals surface area contributed by atoms with Crippen LogP contribution in [0.1, 0.15) is 11.1 Å². The molecule has 0 aliphatic rings. The van der Waals surface area contributed by atoms with Gasteiger partial charge in [0.1, 0.15) is 0 Å². The molecule has 0 bridgehead atoms. The van der Waals surface area contributed by atoms with Gasteiger partial charge in [0, 0.05) is 12.1 Å². The standard InChI is InChI=1S/C19H12N2O2/c20-13-17(14-8-10-18(11-9-14)21(22)23)12-16-6-3-5-15-4-1-2-7-19(15)16/h1-12H/b17-12-. The van der Waals surface area contributed by atoms with Gasteiger partial charge in [0.25, 0.3) is 5.69 Å². The number of nitro benzene ring substituents is 1. The van der Waals surface area contributed by atoms with E-state index < -0.39 is 4.92 Å². The largest absolute Gasteiger partial charge is 0.269 e. The van der Waals surface area contributed by atoms with E-state index in [1.807, 2.05) is 48.5 Å². The number of allylic oxidation sites excluding steroid dienone is 1. The Morgan fingerprint density at radius 2 is 1.70 bits per heavy atom. The highest BCUT2D eigenvalue weighted by atomic mass is 16.6. The Hall–Kier alpha value is -3.45. The quantitative estimate of drug-likeness (QED) is 0.301. The van der Waals surface area contributed by atoms with Crippen molar-refractivity contribution in [1.82, 2.24) is 0 Å². The molecule has 110 valence electrons. The molecule has 3 aromatic carbocycles. The molecule has 0 aliphatic heterocycles. The fourth-order valence-electron chi connectivity index (χ4n) is 2.47. The second-order valence-electron chi connectivity index (χ2n) is 5.04. The fraction of sp³-hybridized carbons (Fsp3) is 0. The Bertz CT molecular complexity index is 946. The normalized spacial score (nSPS) is 11.2. The van der Waals surface area contributed by atoms with Gasteiger partial charge in [0.15, 0.2) is 0 Å². The highest BCUT2D eigenvalue weighted by Gasteiger charge is 2.07. The zero-order chi connectivity index (χ0) is 16.2. The van der Waals surface area contributed by atoms with E-state index in [1.165, 1.54) is 12.1 Å². The Labute approximate surface area is 133 Å². The van der Waals surface area contributed by atoms with Crippen molar-refractivity contribution in [3.05, 3.63) is 88.0 Å². The minimum atomic E-state index is -0.454. The van der Waals surface area contributed by atoms with E-state index >= 15 is 0 Å². The molecule has 0 aliphatic carbocycles. The van der Waals surface area contributed by atoms with Crippen LogP contribution in [0, 0.1) is 21.4 Å². The lowest BCUT2D eigenvalue weighted by molar-refractivity contribution is -0.384. The van der Waals surface area contributed by atoms with Crippen LogP contribution >= 0.6 is 0 Å². The maximum Gasteiger partial charge on any atom is 0.269 e. The zero-order valence-corrected chi connectivity index (χ0v) is 12.1. The summed E-state index contributed by atoms with van der Waals surface area (Å²) < 4.78 is 0. The first-order valence-corrected chi connectivity index (χ1v) is 7.03. The van der Waals surface area contributed by atoms with Crippen LogP contribution in [-0.2, 0) is 0 Å². The third kappa shape index (κ3) is 2.94. The predicted octanol–water partition coefficient (Wildman–Crippen LogP) is 4.81. The summed E-state index contributed by atoms with van der Waals surface area (Å²) in [6.07, 6.45) is 1.81. The first-order valence-electron chi connectivity index (χ1n) is 7.03. The summed E-state index contributed by atoms with van der Waals surface area (Å²) in [5.74, 6) is 0.